The lowest BCUT2D eigenvalue weighted by Gasteiger charge is -2.14. The molecule has 0 aliphatic rings. The number of hydrogen-bond donors (Lipinski definition) is 0. The van der Waals surface area contributed by atoms with E-state index in [4.69, 9.17) is 0 Å². The van der Waals surface area contributed by atoms with Gasteiger partial charge >= 0.3 is 0 Å². The fraction of sp³-hybridized carbons (Fsp3) is 0.300. The van der Waals surface area contributed by atoms with Crippen LogP contribution in [0, 0.1) is 11.6 Å². The van der Waals surface area contributed by atoms with Gasteiger partial charge in [0.25, 0.3) is 0 Å². The lowest BCUT2D eigenvalue weighted by Crippen LogP contribution is -2.20. The first-order valence-corrected chi connectivity index (χ1v) is 5.74. The first-order chi connectivity index (χ1) is 8.16. The summed E-state index contributed by atoms with van der Waals surface area (Å²) in [5, 5.41) is 7.95. The lowest BCUT2D eigenvalue weighted by atomic mass is 10.1. The molecule has 0 bridgehead atoms. The van der Waals surface area contributed by atoms with Crippen molar-refractivity contribution in [3.8, 4) is 0 Å². The molecule has 4 nitrogen and oxygen atoms in total. The molecule has 0 aliphatic heterocycles. The zero-order chi connectivity index (χ0) is 12.3. The van der Waals surface area contributed by atoms with Gasteiger partial charge in [-0.2, -0.15) is 0 Å². The number of rotatable bonds is 4. The SMILES string of the molecule is CN(CCc1ccc(F)cc1F)c1nnns1. The topological polar surface area (TPSA) is 41.9 Å². The van der Waals surface area contributed by atoms with Crippen molar-refractivity contribution >= 4 is 16.7 Å². The van der Waals surface area contributed by atoms with Crippen LogP contribution in [-0.4, -0.2) is 28.4 Å². The number of likely N-dealkylation sites (N-methyl/N-ethyl adjacent to an activating group) is 1. The van der Waals surface area contributed by atoms with Crippen LogP contribution in [0.4, 0.5) is 13.9 Å². The summed E-state index contributed by atoms with van der Waals surface area (Å²) in [6.07, 6.45) is 0.474. The van der Waals surface area contributed by atoms with Crippen molar-refractivity contribution in [3.05, 3.63) is 35.4 Å². The molecule has 0 saturated carbocycles. The minimum Gasteiger partial charge on any atom is -0.348 e. The molecule has 2 aromatic rings. The summed E-state index contributed by atoms with van der Waals surface area (Å²) in [5.41, 5.74) is 0.482. The largest absolute Gasteiger partial charge is 0.348 e. The molecule has 1 aromatic heterocycles. The highest BCUT2D eigenvalue weighted by Crippen LogP contribution is 2.14. The van der Waals surface area contributed by atoms with Gasteiger partial charge in [-0.15, -0.1) is 0 Å². The third kappa shape index (κ3) is 2.94. The van der Waals surface area contributed by atoms with Gasteiger partial charge in [0, 0.05) is 31.2 Å². The first kappa shape index (κ1) is 11.8. The Bertz CT molecular complexity index is 489. The van der Waals surface area contributed by atoms with Crippen LogP contribution in [0.25, 0.3) is 0 Å². The van der Waals surface area contributed by atoms with Crippen LogP contribution in [0.5, 0.6) is 0 Å². The molecule has 0 spiro atoms. The normalized spacial score (nSPS) is 10.5. The number of anilines is 1. The van der Waals surface area contributed by atoms with Gasteiger partial charge in [0.05, 0.1) is 0 Å². The van der Waals surface area contributed by atoms with Crippen molar-refractivity contribution in [1.82, 2.24) is 14.8 Å². The predicted molar refractivity (Wildman–Crippen MR) is 61.0 cm³/mol. The Balaban J connectivity index is 1.98. The average molecular weight is 256 g/mol. The van der Waals surface area contributed by atoms with E-state index >= 15 is 0 Å². The van der Waals surface area contributed by atoms with Gasteiger partial charge in [0.1, 0.15) is 11.6 Å². The highest BCUT2D eigenvalue weighted by Gasteiger charge is 2.08. The zero-order valence-corrected chi connectivity index (χ0v) is 9.92. The highest BCUT2D eigenvalue weighted by molar-refractivity contribution is 7.09. The average Bonchev–Trinajstić information content (AvgIpc) is 2.81. The van der Waals surface area contributed by atoms with Gasteiger partial charge in [0.2, 0.25) is 5.13 Å². The van der Waals surface area contributed by atoms with E-state index in [1.54, 1.807) is 0 Å². The predicted octanol–water partition coefficient (Wildman–Crippen LogP) is 1.89. The molecular formula is C10H10F2N4S. The van der Waals surface area contributed by atoms with Crippen LogP contribution >= 0.6 is 11.5 Å². The smallest absolute Gasteiger partial charge is 0.227 e. The molecule has 0 atom stereocenters. The van der Waals surface area contributed by atoms with Crippen LogP contribution in [-0.2, 0) is 6.42 Å². The van der Waals surface area contributed by atoms with E-state index in [0.29, 0.717) is 23.7 Å². The first-order valence-electron chi connectivity index (χ1n) is 4.97. The lowest BCUT2D eigenvalue weighted by molar-refractivity contribution is 0.571. The Morgan fingerprint density at radius 2 is 2.18 bits per heavy atom. The maximum atomic E-state index is 13.3. The molecule has 17 heavy (non-hydrogen) atoms. The third-order valence-electron chi connectivity index (χ3n) is 2.35. The molecule has 90 valence electrons. The summed E-state index contributed by atoms with van der Waals surface area (Å²) in [7, 11) is 1.82. The van der Waals surface area contributed by atoms with Gasteiger partial charge < -0.3 is 4.90 Å². The Labute approximate surface area is 101 Å². The van der Waals surface area contributed by atoms with Crippen LogP contribution in [0.2, 0.25) is 0 Å². The quantitative estimate of drug-likeness (QED) is 0.837. The van der Waals surface area contributed by atoms with Gasteiger partial charge in [-0.1, -0.05) is 15.7 Å². The molecule has 0 amide bonds. The Morgan fingerprint density at radius 3 is 2.82 bits per heavy atom. The summed E-state index contributed by atoms with van der Waals surface area (Å²) in [6, 6.07) is 3.60. The van der Waals surface area contributed by atoms with Crippen molar-refractivity contribution in [1.29, 1.82) is 0 Å². The van der Waals surface area contributed by atoms with E-state index < -0.39 is 11.6 Å². The Morgan fingerprint density at radius 1 is 1.35 bits per heavy atom. The zero-order valence-electron chi connectivity index (χ0n) is 9.10. The third-order valence-corrected chi connectivity index (χ3v) is 3.06. The molecular weight excluding hydrogens is 246 g/mol. The minimum atomic E-state index is -0.562. The van der Waals surface area contributed by atoms with E-state index in [9.17, 15) is 8.78 Å². The van der Waals surface area contributed by atoms with Crippen LogP contribution in [0.1, 0.15) is 5.56 Å². The molecule has 0 radical (unpaired) electrons. The Hall–Kier alpha value is -1.63. The fourth-order valence-corrected chi connectivity index (χ4v) is 1.83. The second-order valence-corrected chi connectivity index (χ2v) is 4.26. The van der Waals surface area contributed by atoms with Crippen LogP contribution < -0.4 is 4.90 Å². The molecule has 7 heteroatoms. The summed E-state index contributed by atoms with van der Waals surface area (Å²) >= 11 is 1.17. The second-order valence-electron chi connectivity index (χ2n) is 3.55. The Kier molecular flexibility index (Phi) is 3.58. The summed E-state index contributed by atoms with van der Waals surface area (Å²) in [5.74, 6) is -1.08. The highest BCUT2D eigenvalue weighted by atomic mass is 32.1. The second kappa shape index (κ2) is 5.13. The van der Waals surface area contributed by atoms with Crippen LogP contribution in [0.3, 0.4) is 0 Å². The number of benzene rings is 1. The molecule has 0 aliphatic carbocycles. The van der Waals surface area contributed by atoms with E-state index in [1.807, 2.05) is 11.9 Å². The molecule has 0 fully saturated rings. The fourth-order valence-electron chi connectivity index (χ4n) is 1.38. The molecule has 2 rings (SSSR count). The maximum absolute atomic E-state index is 13.3. The standard InChI is InChI=1S/C10H10F2N4S/c1-16(10-13-14-15-17-10)5-4-7-2-3-8(11)6-9(7)12/h2-3,6H,4-5H2,1H3. The van der Waals surface area contributed by atoms with Crippen molar-refractivity contribution in [2.75, 3.05) is 18.5 Å². The van der Waals surface area contributed by atoms with Gasteiger partial charge in [-0.05, 0) is 23.3 Å². The molecule has 0 saturated heterocycles. The van der Waals surface area contributed by atoms with Crippen molar-refractivity contribution < 1.29 is 8.78 Å². The molecule has 0 N–H and O–H groups in total. The monoisotopic (exact) mass is 256 g/mol. The van der Waals surface area contributed by atoms with E-state index in [-0.39, 0.29) is 0 Å². The number of hydrogen-bond acceptors (Lipinski definition) is 5. The van der Waals surface area contributed by atoms with E-state index in [0.717, 1.165) is 6.07 Å². The van der Waals surface area contributed by atoms with Crippen LogP contribution in [0.15, 0.2) is 18.2 Å². The summed E-state index contributed by atoms with van der Waals surface area (Å²) < 4.78 is 29.7. The molecule has 1 aromatic carbocycles. The van der Waals surface area contributed by atoms with Gasteiger partial charge in [-0.3, -0.25) is 0 Å². The van der Waals surface area contributed by atoms with E-state index in [1.165, 1.54) is 23.7 Å². The van der Waals surface area contributed by atoms with Gasteiger partial charge in [0.15, 0.2) is 0 Å². The number of nitrogens with zero attached hydrogens (tertiary/aromatic N) is 4. The summed E-state index contributed by atoms with van der Waals surface area (Å²) in [6.45, 7) is 0.569. The molecule has 0 unspecified atom stereocenters. The van der Waals surface area contributed by atoms with Crippen molar-refractivity contribution in [2.45, 2.75) is 6.42 Å². The maximum Gasteiger partial charge on any atom is 0.227 e. The van der Waals surface area contributed by atoms with Gasteiger partial charge in [-0.25, -0.2) is 8.78 Å². The van der Waals surface area contributed by atoms with Crippen molar-refractivity contribution in [2.24, 2.45) is 0 Å². The summed E-state index contributed by atoms with van der Waals surface area (Å²) in [4.78, 5) is 1.83. The van der Waals surface area contributed by atoms with E-state index in [2.05, 4.69) is 14.8 Å². The molecule has 1 heterocycles. The number of halogens is 2. The number of aromatic nitrogens is 3. The van der Waals surface area contributed by atoms with Crippen molar-refractivity contribution in [3.63, 3.8) is 0 Å². The minimum absolute atomic E-state index is 0.474.